The lowest BCUT2D eigenvalue weighted by molar-refractivity contribution is -0.136. The van der Waals surface area contributed by atoms with Crippen molar-refractivity contribution in [3.05, 3.63) is 59.9 Å². The molecule has 7 heteroatoms. The van der Waals surface area contributed by atoms with Gasteiger partial charge in [-0.3, -0.25) is 9.59 Å². The van der Waals surface area contributed by atoms with Gasteiger partial charge in [0.2, 0.25) is 0 Å². The zero-order chi connectivity index (χ0) is 17.4. The van der Waals surface area contributed by atoms with Gasteiger partial charge in [-0.2, -0.15) is 5.10 Å². The Labute approximate surface area is 138 Å². The van der Waals surface area contributed by atoms with Crippen LogP contribution in [0.15, 0.2) is 53.6 Å². The first-order chi connectivity index (χ1) is 11.6. The van der Waals surface area contributed by atoms with Crippen molar-refractivity contribution in [1.29, 1.82) is 0 Å². The summed E-state index contributed by atoms with van der Waals surface area (Å²) in [6, 6.07) is 12.1. The van der Waals surface area contributed by atoms with Crippen LogP contribution in [0, 0.1) is 5.82 Å². The van der Waals surface area contributed by atoms with Crippen LogP contribution in [0.3, 0.4) is 0 Å². The maximum Gasteiger partial charge on any atom is 0.329 e. The number of nitrogens with one attached hydrogen (secondary N) is 2. The van der Waals surface area contributed by atoms with Crippen LogP contribution in [0.2, 0.25) is 0 Å². The van der Waals surface area contributed by atoms with Crippen molar-refractivity contribution >= 4 is 23.7 Å². The second-order valence-corrected chi connectivity index (χ2v) is 4.66. The van der Waals surface area contributed by atoms with E-state index >= 15 is 0 Å². The minimum Gasteiger partial charge on any atom is -0.494 e. The molecule has 124 valence electrons. The Morgan fingerprint density at radius 2 is 1.75 bits per heavy atom. The van der Waals surface area contributed by atoms with Crippen LogP contribution < -0.4 is 15.5 Å². The molecule has 0 atom stereocenters. The molecule has 2 rings (SSSR count). The second-order valence-electron chi connectivity index (χ2n) is 4.66. The lowest BCUT2D eigenvalue weighted by Crippen LogP contribution is -2.32. The zero-order valence-electron chi connectivity index (χ0n) is 13.0. The van der Waals surface area contributed by atoms with Gasteiger partial charge in [-0.05, 0) is 48.9 Å². The monoisotopic (exact) mass is 329 g/mol. The molecule has 2 aromatic carbocycles. The molecule has 2 aromatic rings. The van der Waals surface area contributed by atoms with E-state index in [0.717, 1.165) is 0 Å². The van der Waals surface area contributed by atoms with E-state index in [2.05, 4.69) is 15.8 Å². The summed E-state index contributed by atoms with van der Waals surface area (Å²) >= 11 is 0. The molecule has 0 aliphatic rings. The number of hydrogen-bond donors (Lipinski definition) is 2. The van der Waals surface area contributed by atoms with Crippen LogP contribution in [0.1, 0.15) is 12.5 Å². The van der Waals surface area contributed by atoms with Crippen LogP contribution in [0.25, 0.3) is 0 Å². The molecule has 0 saturated heterocycles. The first-order valence-electron chi connectivity index (χ1n) is 7.21. The largest absolute Gasteiger partial charge is 0.494 e. The fourth-order valence-corrected chi connectivity index (χ4v) is 1.75. The number of hydrogen-bond acceptors (Lipinski definition) is 4. The highest BCUT2D eigenvalue weighted by Gasteiger charge is 2.12. The molecule has 0 aliphatic heterocycles. The highest BCUT2D eigenvalue weighted by Crippen LogP contribution is 2.15. The van der Waals surface area contributed by atoms with Gasteiger partial charge in [-0.25, -0.2) is 9.82 Å². The summed E-state index contributed by atoms with van der Waals surface area (Å²) in [5.41, 5.74) is 3.14. The molecule has 0 fully saturated rings. The number of hydrazone groups is 1. The third-order valence-corrected chi connectivity index (χ3v) is 2.88. The van der Waals surface area contributed by atoms with Gasteiger partial charge in [0.05, 0.1) is 12.8 Å². The average molecular weight is 329 g/mol. The Morgan fingerprint density at radius 1 is 1.08 bits per heavy atom. The second kappa shape index (κ2) is 8.42. The van der Waals surface area contributed by atoms with E-state index in [4.69, 9.17) is 4.74 Å². The standard InChI is InChI=1S/C17H16FN3O3/c1-2-24-15-9-7-14(8-10-15)20-16(22)17(23)21-19-11-12-3-5-13(18)6-4-12/h3-11H,2H2,1H3,(H,20,22)(H,21,23)/b19-11-. The lowest BCUT2D eigenvalue weighted by Gasteiger charge is -2.06. The van der Waals surface area contributed by atoms with E-state index in [-0.39, 0.29) is 5.82 Å². The Hall–Kier alpha value is -3.22. The number of nitrogens with zero attached hydrogens (tertiary/aromatic N) is 1. The summed E-state index contributed by atoms with van der Waals surface area (Å²) in [5, 5.41) is 6.08. The minimum atomic E-state index is -0.915. The van der Waals surface area contributed by atoms with Crippen LogP contribution in [0.4, 0.5) is 10.1 Å². The number of carbonyl (C=O) groups is 2. The Balaban J connectivity index is 1.85. The number of benzene rings is 2. The number of anilines is 1. The molecule has 0 bridgehead atoms. The fraction of sp³-hybridized carbons (Fsp3) is 0.118. The summed E-state index contributed by atoms with van der Waals surface area (Å²) in [6.45, 7) is 2.41. The van der Waals surface area contributed by atoms with Crippen LogP contribution in [-0.2, 0) is 9.59 Å². The van der Waals surface area contributed by atoms with E-state index in [1.807, 2.05) is 6.92 Å². The quantitative estimate of drug-likeness (QED) is 0.502. The molecule has 2 N–H and O–H groups in total. The predicted octanol–water partition coefficient (Wildman–Crippen LogP) is 2.31. The van der Waals surface area contributed by atoms with Gasteiger partial charge in [0.1, 0.15) is 11.6 Å². The van der Waals surface area contributed by atoms with Gasteiger partial charge in [0.15, 0.2) is 0 Å². The summed E-state index contributed by atoms with van der Waals surface area (Å²) in [6.07, 6.45) is 1.31. The number of ether oxygens (including phenoxy) is 1. The van der Waals surface area contributed by atoms with Gasteiger partial charge >= 0.3 is 11.8 Å². The number of carbonyl (C=O) groups excluding carboxylic acids is 2. The number of halogens is 1. The average Bonchev–Trinajstić information content (AvgIpc) is 2.58. The van der Waals surface area contributed by atoms with Gasteiger partial charge in [0.25, 0.3) is 0 Å². The summed E-state index contributed by atoms with van der Waals surface area (Å²) in [5.74, 6) is -1.47. The van der Waals surface area contributed by atoms with Crippen molar-refractivity contribution in [3.8, 4) is 5.75 Å². The van der Waals surface area contributed by atoms with Crippen molar-refractivity contribution in [3.63, 3.8) is 0 Å². The van der Waals surface area contributed by atoms with Crippen molar-refractivity contribution in [2.75, 3.05) is 11.9 Å². The molecule has 0 unspecified atom stereocenters. The molecule has 0 spiro atoms. The fourth-order valence-electron chi connectivity index (χ4n) is 1.75. The molecular weight excluding hydrogens is 313 g/mol. The highest BCUT2D eigenvalue weighted by atomic mass is 19.1. The van der Waals surface area contributed by atoms with Gasteiger partial charge in [0, 0.05) is 5.69 Å². The lowest BCUT2D eigenvalue weighted by atomic mass is 10.2. The van der Waals surface area contributed by atoms with Crippen molar-refractivity contribution in [2.24, 2.45) is 5.10 Å². The topological polar surface area (TPSA) is 79.8 Å². The molecule has 0 heterocycles. The predicted molar refractivity (Wildman–Crippen MR) is 88.4 cm³/mol. The first kappa shape index (κ1) is 17.1. The molecule has 0 saturated carbocycles. The maximum absolute atomic E-state index is 12.7. The Morgan fingerprint density at radius 3 is 2.38 bits per heavy atom. The van der Waals surface area contributed by atoms with E-state index in [1.54, 1.807) is 24.3 Å². The molecule has 0 aliphatic carbocycles. The van der Waals surface area contributed by atoms with Gasteiger partial charge in [-0.1, -0.05) is 12.1 Å². The van der Waals surface area contributed by atoms with Crippen LogP contribution in [0.5, 0.6) is 5.75 Å². The molecule has 0 radical (unpaired) electrons. The van der Waals surface area contributed by atoms with Crippen molar-refractivity contribution in [2.45, 2.75) is 6.92 Å². The molecule has 6 nitrogen and oxygen atoms in total. The van der Waals surface area contributed by atoms with E-state index in [1.165, 1.54) is 30.5 Å². The molecule has 24 heavy (non-hydrogen) atoms. The Bertz CT molecular complexity index is 728. The molecule has 0 aromatic heterocycles. The third-order valence-electron chi connectivity index (χ3n) is 2.88. The summed E-state index contributed by atoms with van der Waals surface area (Å²) in [7, 11) is 0. The maximum atomic E-state index is 12.7. The summed E-state index contributed by atoms with van der Waals surface area (Å²) < 4.78 is 18.0. The molecular formula is C17H16FN3O3. The van der Waals surface area contributed by atoms with Crippen molar-refractivity contribution < 1.29 is 18.7 Å². The van der Waals surface area contributed by atoms with Crippen LogP contribution in [-0.4, -0.2) is 24.6 Å². The number of amides is 2. The van der Waals surface area contributed by atoms with Gasteiger partial charge in [-0.15, -0.1) is 0 Å². The number of rotatable bonds is 5. The zero-order valence-corrected chi connectivity index (χ0v) is 13.0. The van der Waals surface area contributed by atoms with Crippen molar-refractivity contribution in [1.82, 2.24) is 5.43 Å². The Kier molecular flexibility index (Phi) is 6.01. The minimum absolute atomic E-state index is 0.370. The summed E-state index contributed by atoms with van der Waals surface area (Å²) in [4.78, 5) is 23.4. The smallest absolute Gasteiger partial charge is 0.329 e. The third kappa shape index (κ3) is 5.20. The van der Waals surface area contributed by atoms with E-state index in [9.17, 15) is 14.0 Å². The van der Waals surface area contributed by atoms with E-state index in [0.29, 0.717) is 23.6 Å². The van der Waals surface area contributed by atoms with Crippen LogP contribution >= 0.6 is 0 Å². The highest BCUT2D eigenvalue weighted by molar-refractivity contribution is 6.39. The molecule has 2 amide bonds. The SMILES string of the molecule is CCOc1ccc(NC(=O)C(=O)N/N=C\c2ccc(F)cc2)cc1. The normalized spacial score (nSPS) is 10.4. The first-order valence-corrected chi connectivity index (χ1v) is 7.21. The van der Waals surface area contributed by atoms with E-state index < -0.39 is 11.8 Å². The van der Waals surface area contributed by atoms with Gasteiger partial charge < -0.3 is 10.1 Å².